The number of carbonyl (C=O) groups excluding carboxylic acids is 2. The average Bonchev–Trinajstić information content (AvgIpc) is 3.28. The molecule has 1 fully saturated rings. The third-order valence-electron chi connectivity index (χ3n) is 5.30. The lowest BCUT2D eigenvalue weighted by Crippen LogP contribution is -2.40. The summed E-state index contributed by atoms with van der Waals surface area (Å²) in [6, 6.07) is 8.33. The van der Waals surface area contributed by atoms with Crippen LogP contribution >= 0.6 is 0 Å². The number of aromatic nitrogens is 1. The number of fused-ring (bicyclic) bond motifs is 1. The van der Waals surface area contributed by atoms with Gasteiger partial charge in [0, 0.05) is 36.1 Å². The van der Waals surface area contributed by atoms with E-state index in [9.17, 15) is 14.0 Å². The maximum atomic E-state index is 13.8. The van der Waals surface area contributed by atoms with Crippen molar-refractivity contribution in [3.05, 3.63) is 53.6 Å². The van der Waals surface area contributed by atoms with Crippen LogP contribution in [0.15, 0.2) is 36.5 Å². The van der Waals surface area contributed by atoms with E-state index >= 15 is 0 Å². The first kappa shape index (κ1) is 18.6. The molecule has 2 amide bonds. The van der Waals surface area contributed by atoms with Crippen LogP contribution in [0.2, 0.25) is 0 Å². The van der Waals surface area contributed by atoms with Gasteiger partial charge in [-0.15, -0.1) is 0 Å². The summed E-state index contributed by atoms with van der Waals surface area (Å²) in [6.07, 6.45) is 2.48. The summed E-state index contributed by atoms with van der Waals surface area (Å²) in [5.74, 6) is -1.46. The van der Waals surface area contributed by atoms with E-state index in [-0.39, 0.29) is 16.9 Å². The van der Waals surface area contributed by atoms with Gasteiger partial charge in [0.25, 0.3) is 11.8 Å². The number of ether oxygens (including phenoxy) is 1. The predicted molar refractivity (Wildman–Crippen MR) is 103 cm³/mol. The molecule has 1 saturated heterocycles. The van der Waals surface area contributed by atoms with E-state index < -0.39 is 18.0 Å². The van der Waals surface area contributed by atoms with Crippen molar-refractivity contribution in [1.82, 2.24) is 4.98 Å². The number of hydrogen-bond acceptors (Lipinski definition) is 4. The number of rotatable bonds is 3. The van der Waals surface area contributed by atoms with Gasteiger partial charge in [-0.2, -0.15) is 4.39 Å². The highest BCUT2D eigenvalue weighted by atomic mass is 19.1. The SMILES string of the molecule is CC1(C)CN(C(=O)C2CCCO2)c2cc(NC(=O)c3cccnc3F)ccc21. The van der Waals surface area contributed by atoms with Crippen molar-refractivity contribution in [1.29, 1.82) is 0 Å². The minimum absolute atomic E-state index is 0.0499. The number of anilines is 2. The second-order valence-electron chi connectivity index (χ2n) is 7.84. The van der Waals surface area contributed by atoms with Crippen molar-refractivity contribution in [2.75, 3.05) is 23.4 Å². The second kappa shape index (κ2) is 6.98. The van der Waals surface area contributed by atoms with Crippen LogP contribution in [0.25, 0.3) is 0 Å². The van der Waals surface area contributed by atoms with Gasteiger partial charge < -0.3 is 15.0 Å². The Morgan fingerprint density at radius 1 is 1.32 bits per heavy atom. The number of halogens is 1. The molecule has 0 radical (unpaired) electrons. The van der Waals surface area contributed by atoms with Crippen LogP contribution in [0.4, 0.5) is 15.8 Å². The third kappa shape index (κ3) is 3.26. The summed E-state index contributed by atoms with van der Waals surface area (Å²) < 4.78 is 19.3. The van der Waals surface area contributed by atoms with E-state index in [1.165, 1.54) is 18.3 Å². The zero-order chi connectivity index (χ0) is 19.9. The van der Waals surface area contributed by atoms with Crippen molar-refractivity contribution >= 4 is 23.2 Å². The van der Waals surface area contributed by atoms with Crippen LogP contribution in [0.3, 0.4) is 0 Å². The molecule has 1 atom stereocenters. The molecule has 0 aliphatic carbocycles. The fourth-order valence-electron chi connectivity index (χ4n) is 3.87. The van der Waals surface area contributed by atoms with Crippen LogP contribution in [0.5, 0.6) is 0 Å². The Morgan fingerprint density at radius 2 is 2.14 bits per heavy atom. The van der Waals surface area contributed by atoms with Gasteiger partial charge in [-0.25, -0.2) is 4.98 Å². The lowest BCUT2D eigenvalue weighted by atomic mass is 9.87. The van der Waals surface area contributed by atoms with Gasteiger partial charge in [0.15, 0.2) is 0 Å². The minimum atomic E-state index is -0.822. The summed E-state index contributed by atoms with van der Waals surface area (Å²) in [6.45, 7) is 5.32. The average molecular weight is 383 g/mol. The molecule has 3 heterocycles. The van der Waals surface area contributed by atoms with E-state index in [0.29, 0.717) is 18.8 Å². The molecule has 2 aliphatic rings. The Balaban J connectivity index is 1.62. The molecule has 28 heavy (non-hydrogen) atoms. The van der Waals surface area contributed by atoms with Crippen LogP contribution in [0.1, 0.15) is 42.6 Å². The molecule has 1 unspecified atom stereocenters. The van der Waals surface area contributed by atoms with E-state index in [2.05, 4.69) is 24.1 Å². The Hall–Kier alpha value is -2.80. The predicted octanol–water partition coefficient (Wildman–Crippen LogP) is 3.28. The van der Waals surface area contributed by atoms with Gasteiger partial charge >= 0.3 is 0 Å². The molecule has 6 nitrogen and oxygen atoms in total. The molecule has 0 spiro atoms. The summed E-state index contributed by atoms with van der Waals surface area (Å²) >= 11 is 0. The summed E-state index contributed by atoms with van der Waals surface area (Å²) in [4.78, 5) is 30.6. The van der Waals surface area contributed by atoms with Gasteiger partial charge in [0.2, 0.25) is 5.95 Å². The molecule has 7 heteroatoms. The first-order valence-electron chi connectivity index (χ1n) is 9.36. The number of amides is 2. The highest BCUT2D eigenvalue weighted by molar-refractivity contribution is 6.05. The monoisotopic (exact) mass is 383 g/mol. The van der Waals surface area contributed by atoms with Gasteiger partial charge in [-0.3, -0.25) is 9.59 Å². The molecule has 1 aromatic carbocycles. The van der Waals surface area contributed by atoms with Crippen LogP contribution < -0.4 is 10.2 Å². The second-order valence-corrected chi connectivity index (χ2v) is 7.84. The summed E-state index contributed by atoms with van der Waals surface area (Å²) in [5.41, 5.74) is 1.95. The minimum Gasteiger partial charge on any atom is -0.368 e. The fourth-order valence-corrected chi connectivity index (χ4v) is 3.87. The number of carbonyl (C=O) groups is 2. The third-order valence-corrected chi connectivity index (χ3v) is 5.30. The lowest BCUT2D eigenvalue weighted by molar-refractivity contribution is -0.127. The lowest BCUT2D eigenvalue weighted by Gasteiger charge is -2.23. The molecular formula is C21H22FN3O3. The molecule has 1 aromatic heterocycles. The van der Waals surface area contributed by atoms with Crippen molar-refractivity contribution < 1.29 is 18.7 Å². The van der Waals surface area contributed by atoms with E-state index in [1.54, 1.807) is 17.0 Å². The van der Waals surface area contributed by atoms with E-state index in [0.717, 1.165) is 24.1 Å². The van der Waals surface area contributed by atoms with Crippen LogP contribution in [-0.2, 0) is 14.9 Å². The normalized spacial score (nSPS) is 20.1. The largest absolute Gasteiger partial charge is 0.368 e. The van der Waals surface area contributed by atoms with Crippen molar-refractivity contribution in [2.45, 2.75) is 38.2 Å². The van der Waals surface area contributed by atoms with Gasteiger partial charge in [-0.05, 0) is 42.7 Å². The molecule has 1 N–H and O–H groups in total. The van der Waals surface area contributed by atoms with E-state index in [4.69, 9.17) is 4.74 Å². The Bertz CT molecular complexity index is 938. The molecule has 4 rings (SSSR count). The first-order chi connectivity index (χ1) is 13.4. The molecule has 146 valence electrons. The summed E-state index contributed by atoms with van der Waals surface area (Å²) in [5, 5.41) is 2.70. The zero-order valence-corrected chi connectivity index (χ0v) is 15.9. The molecule has 0 saturated carbocycles. The Labute approximate surface area is 162 Å². The topological polar surface area (TPSA) is 71.5 Å². The van der Waals surface area contributed by atoms with Crippen molar-refractivity contribution in [3.8, 4) is 0 Å². The van der Waals surface area contributed by atoms with Gasteiger partial charge in [0.05, 0.1) is 5.56 Å². The number of pyridine rings is 1. The standard InChI is InChI=1S/C21H22FN3O3/c1-21(2)12-25(20(27)17-6-4-10-28-17)16-11-13(7-8-15(16)21)24-19(26)14-5-3-9-23-18(14)22/h3,5,7-9,11,17H,4,6,10,12H2,1-2H3,(H,24,26). The number of nitrogens with zero attached hydrogens (tertiary/aromatic N) is 2. The number of benzene rings is 1. The molecule has 2 aliphatic heterocycles. The van der Waals surface area contributed by atoms with Gasteiger partial charge in [0.1, 0.15) is 6.10 Å². The van der Waals surface area contributed by atoms with Crippen molar-refractivity contribution in [3.63, 3.8) is 0 Å². The quantitative estimate of drug-likeness (QED) is 0.826. The van der Waals surface area contributed by atoms with Gasteiger partial charge in [-0.1, -0.05) is 19.9 Å². The van der Waals surface area contributed by atoms with E-state index in [1.807, 2.05) is 6.07 Å². The van der Waals surface area contributed by atoms with Crippen LogP contribution in [-0.4, -0.2) is 36.1 Å². The highest BCUT2D eigenvalue weighted by Gasteiger charge is 2.41. The fraction of sp³-hybridized carbons (Fsp3) is 0.381. The first-order valence-corrected chi connectivity index (χ1v) is 9.36. The van der Waals surface area contributed by atoms with Crippen LogP contribution in [0, 0.1) is 5.95 Å². The highest BCUT2D eigenvalue weighted by Crippen LogP contribution is 2.42. The Kier molecular flexibility index (Phi) is 4.63. The molecule has 0 bridgehead atoms. The van der Waals surface area contributed by atoms with Crippen molar-refractivity contribution in [2.24, 2.45) is 0 Å². The Morgan fingerprint density at radius 3 is 2.86 bits per heavy atom. The maximum absolute atomic E-state index is 13.8. The molecular weight excluding hydrogens is 361 g/mol. The number of hydrogen-bond donors (Lipinski definition) is 1. The zero-order valence-electron chi connectivity index (χ0n) is 15.9. The maximum Gasteiger partial charge on any atom is 0.260 e. The summed E-state index contributed by atoms with van der Waals surface area (Å²) in [7, 11) is 0. The number of nitrogens with one attached hydrogen (secondary N) is 1. The smallest absolute Gasteiger partial charge is 0.260 e. The molecule has 2 aromatic rings.